The molecular weight excluding hydrogens is 269 g/mol. The van der Waals surface area contributed by atoms with Crippen LogP contribution in [0.25, 0.3) is 11.0 Å². The molecule has 1 aromatic heterocycles. The Morgan fingerprint density at radius 2 is 1.81 bits per heavy atom. The molecule has 3 aromatic rings. The summed E-state index contributed by atoms with van der Waals surface area (Å²) in [5.41, 5.74) is 7.82. The van der Waals surface area contributed by atoms with Crippen molar-refractivity contribution in [3.63, 3.8) is 0 Å². The van der Waals surface area contributed by atoms with E-state index in [2.05, 4.69) is 15.3 Å². The van der Waals surface area contributed by atoms with Crippen LogP contribution in [0.3, 0.4) is 0 Å². The maximum Gasteiger partial charge on any atom is 0.174 e. The van der Waals surface area contributed by atoms with Gasteiger partial charge in [-0.15, -0.1) is 0 Å². The van der Waals surface area contributed by atoms with Gasteiger partial charge in [-0.05, 0) is 30.3 Å². The minimum atomic E-state index is -0.477. The van der Waals surface area contributed by atoms with E-state index in [1.165, 1.54) is 12.1 Å². The zero-order valence-corrected chi connectivity index (χ0v) is 10.8. The number of benzene rings is 2. The smallest absolute Gasteiger partial charge is 0.174 e. The van der Waals surface area contributed by atoms with Crippen LogP contribution in [0.15, 0.2) is 42.5 Å². The Morgan fingerprint density at radius 1 is 1.10 bits per heavy atom. The minimum Gasteiger partial charge on any atom is -0.381 e. The lowest BCUT2D eigenvalue weighted by Crippen LogP contribution is -2.03. The molecule has 0 aliphatic rings. The Hall–Kier alpha value is -3.20. The first-order valence-electron chi connectivity index (χ1n) is 6.16. The molecule has 2 aromatic carbocycles. The predicted octanol–water partition coefficient (Wildman–Crippen LogP) is 2.97. The second kappa shape index (κ2) is 5.06. The van der Waals surface area contributed by atoms with Crippen molar-refractivity contribution in [1.82, 2.24) is 9.97 Å². The largest absolute Gasteiger partial charge is 0.381 e. The van der Waals surface area contributed by atoms with Crippen molar-refractivity contribution >= 4 is 28.4 Å². The molecule has 0 saturated carbocycles. The van der Waals surface area contributed by atoms with Crippen LogP contribution in [-0.2, 0) is 0 Å². The van der Waals surface area contributed by atoms with E-state index in [0.29, 0.717) is 22.5 Å². The van der Waals surface area contributed by atoms with E-state index in [-0.39, 0.29) is 11.4 Å². The minimum absolute atomic E-state index is 0.171. The number of anilines is 3. The molecule has 0 unspecified atom stereocenters. The molecule has 6 heteroatoms. The van der Waals surface area contributed by atoms with Crippen molar-refractivity contribution in [3.8, 4) is 6.07 Å². The van der Waals surface area contributed by atoms with Gasteiger partial charge in [-0.3, -0.25) is 0 Å². The standard InChI is InChI=1S/C15H10FN5/c16-10-5-6-11(9(7-10)8-17)20-15-14(18)19-12-3-1-2-4-13(12)21-15/h1-7H,(H2,18,19)(H,20,21). The third-order valence-electron chi connectivity index (χ3n) is 2.95. The third kappa shape index (κ3) is 2.44. The Labute approximate surface area is 119 Å². The first kappa shape index (κ1) is 12.8. The van der Waals surface area contributed by atoms with Gasteiger partial charge in [-0.2, -0.15) is 5.26 Å². The first-order valence-corrected chi connectivity index (χ1v) is 6.16. The highest BCUT2D eigenvalue weighted by molar-refractivity contribution is 5.81. The molecule has 5 nitrogen and oxygen atoms in total. The molecule has 0 spiro atoms. The summed E-state index contributed by atoms with van der Waals surface area (Å²) in [5.74, 6) is 0.0633. The number of halogens is 1. The molecule has 21 heavy (non-hydrogen) atoms. The van der Waals surface area contributed by atoms with Crippen molar-refractivity contribution in [2.75, 3.05) is 11.1 Å². The van der Waals surface area contributed by atoms with Crippen LogP contribution in [0.1, 0.15) is 5.56 Å². The van der Waals surface area contributed by atoms with Crippen LogP contribution < -0.4 is 11.1 Å². The van der Waals surface area contributed by atoms with Crippen LogP contribution >= 0.6 is 0 Å². The van der Waals surface area contributed by atoms with Crippen LogP contribution in [0, 0.1) is 17.1 Å². The maximum absolute atomic E-state index is 13.1. The number of nitrogens with two attached hydrogens (primary N) is 1. The van der Waals surface area contributed by atoms with Crippen LogP contribution in [0.4, 0.5) is 21.7 Å². The summed E-state index contributed by atoms with van der Waals surface area (Å²) in [6, 6.07) is 13.1. The second-order valence-electron chi connectivity index (χ2n) is 4.37. The van der Waals surface area contributed by atoms with Crippen molar-refractivity contribution in [2.45, 2.75) is 0 Å². The number of nitrogens with zero attached hydrogens (tertiary/aromatic N) is 3. The van der Waals surface area contributed by atoms with E-state index in [1.54, 1.807) is 6.07 Å². The summed E-state index contributed by atoms with van der Waals surface area (Å²) >= 11 is 0. The number of hydrogen-bond acceptors (Lipinski definition) is 5. The van der Waals surface area contributed by atoms with E-state index in [0.717, 1.165) is 6.07 Å². The molecule has 0 atom stereocenters. The van der Waals surface area contributed by atoms with Gasteiger partial charge in [-0.1, -0.05) is 12.1 Å². The molecule has 0 fully saturated rings. The Bertz CT molecular complexity index is 870. The molecule has 0 saturated heterocycles. The summed E-state index contributed by atoms with van der Waals surface area (Å²) in [7, 11) is 0. The van der Waals surface area contributed by atoms with Gasteiger partial charge in [-0.25, -0.2) is 14.4 Å². The van der Waals surface area contributed by atoms with E-state index < -0.39 is 5.82 Å². The zero-order chi connectivity index (χ0) is 14.8. The van der Waals surface area contributed by atoms with E-state index in [1.807, 2.05) is 24.3 Å². The molecule has 102 valence electrons. The third-order valence-corrected chi connectivity index (χ3v) is 2.95. The molecular formula is C15H10FN5. The predicted molar refractivity (Wildman–Crippen MR) is 78.3 cm³/mol. The van der Waals surface area contributed by atoms with Crippen LogP contribution in [-0.4, -0.2) is 9.97 Å². The lowest BCUT2D eigenvalue weighted by Gasteiger charge is -2.10. The fourth-order valence-corrected chi connectivity index (χ4v) is 1.95. The summed E-state index contributed by atoms with van der Waals surface area (Å²) in [5, 5.41) is 12.0. The highest BCUT2D eigenvalue weighted by atomic mass is 19.1. The van der Waals surface area contributed by atoms with Gasteiger partial charge < -0.3 is 11.1 Å². The van der Waals surface area contributed by atoms with E-state index in [4.69, 9.17) is 11.0 Å². The highest BCUT2D eigenvalue weighted by Gasteiger charge is 2.09. The fourth-order valence-electron chi connectivity index (χ4n) is 1.95. The normalized spacial score (nSPS) is 10.3. The number of nitriles is 1. The Morgan fingerprint density at radius 3 is 2.52 bits per heavy atom. The van der Waals surface area contributed by atoms with Gasteiger partial charge >= 0.3 is 0 Å². The molecule has 0 bridgehead atoms. The summed E-state index contributed by atoms with van der Waals surface area (Å²) in [6.45, 7) is 0. The SMILES string of the molecule is N#Cc1cc(F)ccc1Nc1nc2ccccc2nc1N. The van der Waals surface area contributed by atoms with Gasteiger partial charge in [0.1, 0.15) is 11.9 Å². The van der Waals surface area contributed by atoms with E-state index >= 15 is 0 Å². The van der Waals surface area contributed by atoms with Crippen molar-refractivity contribution < 1.29 is 4.39 Å². The van der Waals surface area contributed by atoms with Crippen molar-refractivity contribution in [3.05, 3.63) is 53.8 Å². The molecule has 0 amide bonds. The number of hydrogen-bond donors (Lipinski definition) is 2. The van der Waals surface area contributed by atoms with Crippen molar-refractivity contribution in [2.24, 2.45) is 0 Å². The number of fused-ring (bicyclic) bond motifs is 1. The highest BCUT2D eigenvalue weighted by Crippen LogP contribution is 2.25. The lowest BCUT2D eigenvalue weighted by molar-refractivity contribution is 0.627. The van der Waals surface area contributed by atoms with Crippen molar-refractivity contribution in [1.29, 1.82) is 5.26 Å². The number of rotatable bonds is 2. The topological polar surface area (TPSA) is 87.6 Å². The number of aromatic nitrogens is 2. The van der Waals surface area contributed by atoms with Gasteiger partial charge in [0, 0.05) is 0 Å². The Kier molecular flexibility index (Phi) is 3.09. The number of nitrogen functional groups attached to an aromatic ring is 1. The van der Waals surface area contributed by atoms with Gasteiger partial charge in [0.2, 0.25) is 0 Å². The quantitative estimate of drug-likeness (QED) is 0.753. The molecule has 3 N–H and O–H groups in total. The molecule has 3 rings (SSSR count). The average Bonchev–Trinajstić information content (AvgIpc) is 2.49. The van der Waals surface area contributed by atoms with Gasteiger partial charge in [0.15, 0.2) is 11.6 Å². The number of para-hydroxylation sites is 2. The zero-order valence-electron chi connectivity index (χ0n) is 10.8. The molecule has 0 aliphatic carbocycles. The summed E-state index contributed by atoms with van der Waals surface area (Å²) in [4.78, 5) is 8.61. The average molecular weight is 279 g/mol. The second-order valence-corrected chi connectivity index (χ2v) is 4.37. The van der Waals surface area contributed by atoms with Crippen LogP contribution in [0.2, 0.25) is 0 Å². The Balaban J connectivity index is 2.06. The molecule has 1 heterocycles. The fraction of sp³-hybridized carbons (Fsp3) is 0. The maximum atomic E-state index is 13.1. The summed E-state index contributed by atoms with van der Waals surface area (Å²) < 4.78 is 13.1. The molecule has 0 radical (unpaired) electrons. The molecule has 0 aliphatic heterocycles. The van der Waals surface area contributed by atoms with Crippen LogP contribution in [0.5, 0.6) is 0 Å². The van der Waals surface area contributed by atoms with E-state index in [9.17, 15) is 4.39 Å². The number of nitrogens with one attached hydrogen (secondary N) is 1. The van der Waals surface area contributed by atoms with Gasteiger partial charge in [0.05, 0.1) is 22.3 Å². The monoisotopic (exact) mass is 279 g/mol. The lowest BCUT2D eigenvalue weighted by atomic mass is 10.2. The van der Waals surface area contributed by atoms with Gasteiger partial charge in [0.25, 0.3) is 0 Å². The first-order chi connectivity index (χ1) is 10.2. The summed E-state index contributed by atoms with van der Waals surface area (Å²) in [6.07, 6.45) is 0.